The van der Waals surface area contributed by atoms with Crippen molar-refractivity contribution in [1.82, 2.24) is 9.97 Å². The van der Waals surface area contributed by atoms with E-state index < -0.39 is 5.82 Å². The summed E-state index contributed by atoms with van der Waals surface area (Å²) in [6.45, 7) is 0. The van der Waals surface area contributed by atoms with Gasteiger partial charge >= 0.3 is 0 Å². The second-order valence-electron chi connectivity index (χ2n) is 4.63. The summed E-state index contributed by atoms with van der Waals surface area (Å²) in [5.41, 5.74) is 1.51. The van der Waals surface area contributed by atoms with Crippen LogP contribution in [0.2, 0.25) is 5.28 Å². The molecule has 0 atom stereocenters. The summed E-state index contributed by atoms with van der Waals surface area (Å²) in [6, 6.07) is 8.22. The van der Waals surface area contributed by atoms with Crippen molar-refractivity contribution in [2.75, 3.05) is 14.2 Å². The molecule has 0 bridgehead atoms. The van der Waals surface area contributed by atoms with Crippen molar-refractivity contribution in [3.63, 3.8) is 0 Å². The number of benzene rings is 2. The number of halogens is 2. The first-order chi connectivity index (χ1) is 10.6. The topological polar surface area (TPSA) is 44.2 Å². The lowest BCUT2D eigenvalue weighted by Crippen LogP contribution is -1.92. The summed E-state index contributed by atoms with van der Waals surface area (Å²) in [5.74, 6) is 0.764. The van der Waals surface area contributed by atoms with E-state index in [1.807, 2.05) is 0 Å². The number of fused-ring (bicyclic) bond motifs is 1. The Bertz CT molecular complexity index is 833. The molecule has 0 spiro atoms. The molecule has 0 saturated heterocycles. The summed E-state index contributed by atoms with van der Waals surface area (Å²) >= 11 is 5.73. The predicted molar refractivity (Wildman–Crippen MR) is 83.0 cm³/mol. The van der Waals surface area contributed by atoms with Crippen molar-refractivity contribution in [2.24, 2.45) is 0 Å². The van der Waals surface area contributed by atoms with Gasteiger partial charge in [-0.1, -0.05) is 0 Å². The lowest BCUT2D eigenvalue weighted by Gasteiger charge is -2.10. The zero-order valence-electron chi connectivity index (χ0n) is 11.9. The first-order valence-corrected chi connectivity index (χ1v) is 6.84. The Morgan fingerprint density at radius 3 is 2.32 bits per heavy atom. The molecule has 4 nitrogen and oxygen atoms in total. The van der Waals surface area contributed by atoms with Crippen LogP contribution in [-0.4, -0.2) is 24.2 Å². The Hall–Kier alpha value is -2.40. The van der Waals surface area contributed by atoms with Crippen LogP contribution in [0.3, 0.4) is 0 Å². The molecular weight excluding hydrogens is 307 g/mol. The molecule has 3 aromatic rings. The van der Waals surface area contributed by atoms with Crippen molar-refractivity contribution < 1.29 is 13.9 Å². The van der Waals surface area contributed by atoms with E-state index in [2.05, 4.69) is 9.97 Å². The molecule has 2 aromatic carbocycles. The molecule has 0 radical (unpaired) electrons. The van der Waals surface area contributed by atoms with Gasteiger partial charge in [-0.3, -0.25) is 0 Å². The molecule has 1 heterocycles. The number of methoxy groups -OCH3 is 2. The van der Waals surface area contributed by atoms with Crippen LogP contribution < -0.4 is 9.47 Å². The Morgan fingerprint density at radius 1 is 1.00 bits per heavy atom. The van der Waals surface area contributed by atoms with Crippen LogP contribution >= 0.6 is 11.6 Å². The maximum Gasteiger partial charge on any atom is 0.222 e. The van der Waals surface area contributed by atoms with E-state index in [9.17, 15) is 4.39 Å². The van der Waals surface area contributed by atoms with Gasteiger partial charge in [-0.25, -0.2) is 14.4 Å². The maximum absolute atomic E-state index is 14.4. The van der Waals surface area contributed by atoms with E-state index in [1.54, 1.807) is 44.7 Å². The van der Waals surface area contributed by atoms with Gasteiger partial charge in [0.2, 0.25) is 5.28 Å². The minimum atomic E-state index is -0.405. The lowest BCUT2D eigenvalue weighted by atomic mass is 10.0. The van der Waals surface area contributed by atoms with Crippen molar-refractivity contribution in [3.05, 3.63) is 47.6 Å². The quantitative estimate of drug-likeness (QED) is 0.682. The fourth-order valence-corrected chi connectivity index (χ4v) is 2.35. The first kappa shape index (κ1) is 14.5. The van der Waals surface area contributed by atoms with Gasteiger partial charge in [0.05, 0.1) is 19.7 Å². The van der Waals surface area contributed by atoms with Crippen LogP contribution in [0.5, 0.6) is 11.5 Å². The smallest absolute Gasteiger partial charge is 0.222 e. The maximum atomic E-state index is 14.4. The Morgan fingerprint density at radius 2 is 1.68 bits per heavy atom. The molecule has 0 unspecified atom stereocenters. The number of rotatable bonds is 3. The monoisotopic (exact) mass is 318 g/mol. The van der Waals surface area contributed by atoms with E-state index in [4.69, 9.17) is 21.1 Å². The molecule has 112 valence electrons. The summed E-state index contributed by atoms with van der Waals surface area (Å²) in [7, 11) is 3.09. The number of ether oxygens (including phenoxy) is 2. The third-order valence-corrected chi connectivity index (χ3v) is 3.48. The van der Waals surface area contributed by atoms with Gasteiger partial charge in [0.1, 0.15) is 17.3 Å². The van der Waals surface area contributed by atoms with E-state index in [1.165, 1.54) is 6.07 Å². The van der Waals surface area contributed by atoms with Crippen molar-refractivity contribution in [1.29, 1.82) is 0 Å². The molecule has 0 aliphatic carbocycles. The zero-order chi connectivity index (χ0) is 15.7. The van der Waals surface area contributed by atoms with Crippen LogP contribution in [0.1, 0.15) is 0 Å². The fourth-order valence-electron chi connectivity index (χ4n) is 2.21. The normalized spacial score (nSPS) is 10.7. The number of nitrogens with zero attached hydrogens (tertiary/aromatic N) is 2. The van der Waals surface area contributed by atoms with Crippen LogP contribution in [-0.2, 0) is 0 Å². The van der Waals surface area contributed by atoms with Gasteiger partial charge in [-0.05, 0) is 35.4 Å². The van der Waals surface area contributed by atoms with Crippen molar-refractivity contribution >= 4 is 22.5 Å². The van der Waals surface area contributed by atoms with Gasteiger partial charge < -0.3 is 9.47 Å². The highest BCUT2D eigenvalue weighted by molar-refractivity contribution is 6.28. The zero-order valence-corrected chi connectivity index (χ0v) is 12.7. The Balaban J connectivity index is 2.21. The average molecular weight is 319 g/mol. The third kappa shape index (κ3) is 2.67. The molecule has 0 N–H and O–H groups in total. The Kier molecular flexibility index (Phi) is 3.81. The third-order valence-electron chi connectivity index (χ3n) is 3.30. The second kappa shape index (κ2) is 5.77. The molecule has 1 aromatic heterocycles. The van der Waals surface area contributed by atoms with Gasteiger partial charge in [0.25, 0.3) is 0 Å². The highest BCUT2D eigenvalue weighted by Gasteiger charge is 2.11. The fraction of sp³-hybridized carbons (Fsp3) is 0.125. The molecule has 22 heavy (non-hydrogen) atoms. The van der Waals surface area contributed by atoms with Gasteiger partial charge in [-0.15, -0.1) is 0 Å². The highest BCUT2D eigenvalue weighted by atomic mass is 35.5. The number of aromatic nitrogens is 2. The van der Waals surface area contributed by atoms with E-state index in [0.717, 1.165) is 0 Å². The summed E-state index contributed by atoms with van der Waals surface area (Å²) in [6.07, 6.45) is 1.56. The predicted octanol–water partition coefficient (Wildman–Crippen LogP) is 4.11. The molecule has 0 saturated carbocycles. The summed E-state index contributed by atoms with van der Waals surface area (Å²) in [5, 5.41) is 0.783. The molecule has 3 rings (SSSR count). The largest absolute Gasteiger partial charge is 0.497 e. The SMILES string of the molecule is COc1cc(OC)cc(-c2cc3cnc(Cl)nc3cc2F)c1. The average Bonchev–Trinajstić information content (AvgIpc) is 2.53. The van der Waals surface area contributed by atoms with Crippen LogP contribution in [0.15, 0.2) is 36.5 Å². The van der Waals surface area contributed by atoms with E-state index in [0.29, 0.717) is 33.5 Å². The summed E-state index contributed by atoms with van der Waals surface area (Å²) in [4.78, 5) is 7.93. The molecule has 0 aliphatic heterocycles. The van der Waals surface area contributed by atoms with Crippen LogP contribution in [0, 0.1) is 5.82 Å². The first-order valence-electron chi connectivity index (χ1n) is 6.46. The lowest BCUT2D eigenvalue weighted by molar-refractivity contribution is 0.394. The molecule has 0 fully saturated rings. The Labute approximate surface area is 131 Å². The summed E-state index contributed by atoms with van der Waals surface area (Å²) < 4.78 is 24.9. The number of hydrogen-bond acceptors (Lipinski definition) is 4. The minimum Gasteiger partial charge on any atom is -0.497 e. The van der Waals surface area contributed by atoms with E-state index >= 15 is 0 Å². The van der Waals surface area contributed by atoms with E-state index in [-0.39, 0.29) is 5.28 Å². The van der Waals surface area contributed by atoms with Crippen molar-refractivity contribution in [2.45, 2.75) is 0 Å². The minimum absolute atomic E-state index is 0.0858. The molecule has 6 heteroatoms. The van der Waals surface area contributed by atoms with Crippen LogP contribution in [0.25, 0.3) is 22.0 Å². The molecule has 0 aliphatic rings. The standard InChI is InChI=1S/C16H12ClFN2O2/c1-21-11-3-9(4-12(6-11)22-2)13-5-10-8-19-16(17)20-15(10)7-14(13)18/h3-8H,1-2H3. The molecule has 0 amide bonds. The van der Waals surface area contributed by atoms with Gasteiger partial charge in [0.15, 0.2) is 0 Å². The van der Waals surface area contributed by atoms with Gasteiger partial charge in [0, 0.05) is 29.3 Å². The number of hydrogen-bond donors (Lipinski definition) is 0. The highest BCUT2D eigenvalue weighted by Crippen LogP contribution is 2.33. The van der Waals surface area contributed by atoms with Gasteiger partial charge in [-0.2, -0.15) is 0 Å². The van der Waals surface area contributed by atoms with Crippen LogP contribution in [0.4, 0.5) is 4.39 Å². The van der Waals surface area contributed by atoms with Crippen molar-refractivity contribution in [3.8, 4) is 22.6 Å². The second-order valence-corrected chi connectivity index (χ2v) is 4.97. The molecular formula is C16H12ClFN2O2.